The van der Waals surface area contributed by atoms with E-state index in [9.17, 15) is 0 Å². The molecule has 7 rings (SSSR count). The Morgan fingerprint density at radius 2 is 1.15 bits per heavy atom. The summed E-state index contributed by atoms with van der Waals surface area (Å²) in [5, 5.41) is 13.1. The predicted molar refractivity (Wildman–Crippen MR) is 135 cm³/mol. The number of para-hydroxylation sites is 2. The van der Waals surface area contributed by atoms with Gasteiger partial charge in [-0.05, 0) is 46.7 Å². The van der Waals surface area contributed by atoms with Crippen molar-refractivity contribution in [3.05, 3.63) is 109 Å². The lowest BCUT2D eigenvalue weighted by Gasteiger charge is -2.04. The second-order valence-electron chi connectivity index (χ2n) is 8.33. The van der Waals surface area contributed by atoms with Crippen molar-refractivity contribution in [1.82, 2.24) is 10.2 Å². The summed E-state index contributed by atoms with van der Waals surface area (Å²) >= 11 is 0. The fourth-order valence-corrected chi connectivity index (χ4v) is 4.55. The van der Waals surface area contributed by atoms with Gasteiger partial charge in [-0.2, -0.15) is 0 Å². The maximum Gasteiger partial charge on any atom is 0.248 e. The van der Waals surface area contributed by atoms with Gasteiger partial charge in [-0.25, -0.2) is 0 Å². The molecule has 0 radical (unpaired) electrons. The molecule has 0 N–H and O–H groups in total. The quantitative estimate of drug-likeness (QED) is 0.279. The lowest BCUT2D eigenvalue weighted by molar-refractivity contribution is 0.584. The summed E-state index contributed by atoms with van der Waals surface area (Å²) < 4.78 is 12.2. The normalized spacial score (nSPS) is 11.5. The molecular weight excluding hydrogens is 420 g/mol. The summed E-state index contributed by atoms with van der Waals surface area (Å²) in [5.74, 6) is 1.01. The summed E-state index contributed by atoms with van der Waals surface area (Å²) in [6, 6.07) is 36.9. The Kier molecular flexibility index (Phi) is 4.11. The zero-order valence-corrected chi connectivity index (χ0v) is 18.1. The molecule has 0 atom stereocenters. The van der Waals surface area contributed by atoms with E-state index in [1.807, 2.05) is 48.5 Å². The van der Waals surface area contributed by atoms with Crippen molar-refractivity contribution in [2.45, 2.75) is 0 Å². The van der Waals surface area contributed by atoms with Crippen LogP contribution in [0.15, 0.2) is 118 Å². The summed E-state index contributed by atoms with van der Waals surface area (Å²) in [4.78, 5) is 0. The van der Waals surface area contributed by atoms with Gasteiger partial charge in [0.2, 0.25) is 11.8 Å². The van der Waals surface area contributed by atoms with Crippen LogP contribution in [0.4, 0.5) is 0 Å². The third-order valence-corrected chi connectivity index (χ3v) is 6.27. The Balaban J connectivity index is 1.24. The fraction of sp³-hybridized carbons (Fsp3) is 0. The monoisotopic (exact) mass is 438 g/mol. The van der Waals surface area contributed by atoms with Crippen LogP contribution in [0.2, 0.25) is 0 Å². The molecular formula is C30H18N2O2. The smallest absolute Gasteiger partial charge is 0.248 e. The molecule has 0 saturated carbocycles. The maximum atomic E-state index is 6.19. The van der Waals surface area contributed by atoms with E-state index in [1.54, 1.807) is 0 Å². The lowest BCUT2D eigenvalue weighted by atomic mass is 10.0. The fourth-order valence-electron chi connectivity index (χ4n) is 4.55. The van der Waals surface area contributed by atoms with E-state index >= 15 is 0 Å². The van der Waals surface area contributed by atoms with Crippen molar-refractivity contribution in [3.8, 4) is 34.0 Å². The molecule has 5 aromatic carbocycles. The van der Waals surface area contributed by atoms with Crippen molar-refractivity contribution in [3.63, 3.8) is 0 Å². The van der Waals surface area contributed by atoms with E-state index in [4.69, 9.17) is 8.83 Å². The number of benzene rings is 5. The Labute approximate surface area is 195 Å². The van der Waals surface area contributed by atoms with Gasteiger partial charge in [-0.15, -0.1) is 10.2 Å². The van der Waals surface area contributed by atoms with E-state index in [0.717, 1.165) is 49.6 Å². The van der Waals surface area contributed by atoms with Crippen LogP contribution in [0.1, 0.15) is 0 Å². The van der Waals surface area contributed by atoms with E-state index in [0.29, 0.717) is 11.8 Å². The first-order valence-electron chi connectivity index (χ1n) is 11.2. The standard InChI is InChI=1S/C30H18N2O2/c1-2-7-22-18-23(17-12-19(22)6-1)30-32-31-29(34-30)21-15-13-20(14-16-21)24-9-5-10-26-25-8-3-4-11-27(25)33-28(24)26/h1-18H. The molecule has 0 amide bonds. The molecule has 0 aliphatic heterocycles. The highest BCUT2D eigenvalue weighted by atomic mass is 16.4. The third kappa shape index (κ3) is 3.00. The zero-order valence-electron chi connectivity index (χ0n) is 18.1. The predicted octanol–water partition coefficient (Wildman–Crippen LogP) is 8.12. The molecule has 4 heteroatoms. The Morgan fingerprint density at radius 3 is 2.03 bits per heavy atom. The minimum atomic E-state index is 0.497. The van der Waals surface area contributed by atoms with Crippen LogP contribution in [0.5, 0.6) is 0 Å². The number of nitrogens with zero attached hydrogens (tertiary/aromatic N) is 2. The van der Waals surface area contributed by atoms with Gasteiger partial charge in [0, 0.05) is 27.5 Å². The lowest BCUT2D eigenvalue weighted by Crippen LogP contribution is -1.81. The van der Waals surface area contributed by atoms with E-state index < -0.39 is 0 Å². The molecule has 7 aromatic rings. The van der Waals surface area contributed by atoms with Crippen LogP contribution in [0, 0.1) is 0 Å². The van der Waals surface area contributed by atoms with Gasteiger partial charge >= 0.3 is 0 Å². The van der Waals surface area contributed by atoms with Gasteiger partial charge < -0.3 is 8.83 Å². The van der Waals surface area contributed by atoms with Gasteiger partial charge in [-0.1, -0.05) is 78.9 Å². The average Bonchev–Trinajstić information content (AvgIpc) is 3.54. The minimum absolute atomic E-state index is 0.497. The molecule has 0 unspecified atom stereocenters. The van der Waals surface area contributed by atoms with Gasteiger partial charge in [0.1, 0.15) is 11.2 Å². The molecule has 2 heterocycles. The summed E-state index contributed by atoms with van der Waals surface area (Å²) in [6.07, 6.45) is 0. The molecule has 0 aliphatic rings. The van der Waals surface area contributed by atoms with Crippen LogP contribution in [-0.4, -0.2) is 10.2 Å². The highest BCUT2D eigenvalue weighted by molar-refractivity contribution is 6.09. The Bertz CT molecular complexity index is 1810. The second kappa shape index (κ2) is 7.42. The molecule has 34 heavy (non-hydrogen) atoms. The molecule has 0 fully saturated rings. The molecule has 0 spiro atoms. The molecule has 4 nitrogen and oxygen atoms in total. The zero-order chi connectivity index (χ0) is 22.5. The van der Waals surface area contributed by atoms with Crippen molar-refractivity contribution in [2.75, 3.05) is 0 Å². The van der Waals surface area contributed by atoms with E-state index in [2.05, 4.69) is 70.9 Å². The number of hydrogen-bond donors (Lipinski definition) is 0. The molecule has 0 saturated heterocycles. The SMILES string of the molecule is c1ccc2cc(-c3nnc(-c4ccc(-c5cccc6c5oc5ccccc56)cc4)o3)ccc2c1. The first-order chi connectivity index (χ1) is 16.8. The molecule has 2 aromatic heterocycles. The number of furan rings is 1. The molecule has 0 bridgehead atoms. The largest absolute Gasteiger partial charge is 0.455 e. The number of rotatable bonds is 3. The van der Waals surface area contributed by atoms with Crippen molar-refractivity contribution >= 4 is 32.7 Å². The average molecular weight is 438 g/mol. The molecule has 160 valence electrons. The van der Waals surface area contributed by atoms with Crippen molar-refractivity contribution in [1.29, 1.82) is 0 Å². The Morgan fingerprint density at radius 1 is 0.471 bits per heavy atom. The first kappa shape index (κ1) is 18.8. The van der Waals surface area contributed by atoms with Crippen molar-refractivity contribution in [2.24, 2.45) is 0 Å². The highest BCUT2D eigenvalue weighted by Gasteiger charge is 2.14. The number of hydrogen-bond acceptors (Lipinski definition) is 4. The second-order valence-corrected chi connectivity index (χ2v) is 8.33. The topological polar surface area (TPSA) is 52.1 Å². The van der Waals surface area contributed by atoms with Crippen molar-refractivity contribution < 1.29 is 8.83 Å². The van der Waals surface area contributed by atoms with E-state index in [-0.39, 0.29) is 0 Å². The van der Waals surface area contributed by atoms with Crippen LogP contribution in [0.25, 0.3) is 66.7 Å². The van der Waals surface area contributed by atoms with Gasteiger partial charge in [0.15, 0.2) is 0 Å². The summed E-state index contributed by atoms with van der Waals surface area (Å²) in [5.41, 5.74) is 5.71. The highest BCUT2D eigenvalue weighted by Crippen LogP contribution is 2.36. The summed E-state index contributed by atoms with van der Waals surface area (Å²) in [6.45, 7) is 0. The minimum Gasteiger partial charge on any atom is -0.455 e. The van der Waals surface area contributed by atoms with Gasteiger partial charge in [0.25, 0.3) is 0 Å². The van der Waals surface area contributed by atoms with Gasteiger partial charge in [-0.3, -0.25) is 0 Å². The maximum absolute atomic E-state index is 6.19. The van der Waals surface area contributed by atoms with Crippen LogP contribution in [0.3, 0.4) is 0 Å². The number of fused-ring (bicyclic) bond motifs is 4. The van der Waals surface area contributed by atoms with E-state index in [1.165, 1.54) is 5.39 Å². The first-order valence-corrected chi connectivity index (χ1v) is 11.2. The molecule has 0 aliphatic carbocycles. The van der Waals surface area contributed by atoms with Crippen LogP contribution in [-0.2, 0) is 0 Å². The Hall–Kier alpha value is -4.70. The number of aromatic nitrogens is 2. The summed E-state index contributed by atoms with van der Waals surface area (Å²) in [7, 11) is 0. The van der Waals surface area contributed by atoms with Gasteiger partial charge in [0.05, 0.1) is 0 Å². The third-order valence-electron chi connectivity index (χ3n) is 6.27. The van der Waals surface area contributed by atoms with Crippen LogP contribution < -0.4 is 0 Å². The van der Waals surface area contributed by atoms with Crippen LogP contribution >= 0.6 is 0 Å².